The second-order valence-electron chi connectivity index (χ2n) is 18.1. The van der Waals surface area contributed by atoms with Gasteiger partial charge in [-0.15, -0.1) is 0 Å². The van der Waals surface area contributed by atoms with Gasteiger partial charge in [0.1, 0.15) is 40.3 Å². The Morgan fingerprint density at radius 3 is 1.06 bits per heavy atom. The standard InChI is InChI=1S/C14H18O4.C14H18O3.C12H16O3.C9H10O2.C5H9BrO.CH3O.Na/c1-9-8-12(17-11(3)16)6-7-13(9)18-14(4,5)10(2)15;1-9-8-12(10(2)15)6-7-13(9)17-14(4,5)11(3)16;1-8-7-10(14)5-6-11(8)15-12(3,4)9(2)13;1-6-5-8(7(2)10)3-4-9(6)11;1-4(7)5(2,3)6;1-2;/h6-8H,1-5H3;6-8H,1-5H3;5-7,14H,1-4H3;3-5,11H,1-2H3;1-3H3;1H3;/q;;;;;-1;+1. The van der Waals surface area contributed by atoms with E-state index in [1.54, 1.807) is 122 Å². The fourth-order valence-electron chi connectivity index (χ4n) is 4.61. The summed E-state index contributed by atoms with van der Waals surface area (Å²) in [6, 6.07) is 19.9. The molecule has 14 nitrogen and oxygen atoms in total. The van der Waals surface area contributed by atoms with E-state index in [2.05, 4.69) is 15.9 Å². The van der Waals surface area contributed by atoms with E-state index in [1.165, 1.54) is 47.6 Å². The largest absolute Gasteiger partial charge is 1.00 e. The molecule has 0 bridgehead atoms. The van der Waals surface area contributed by atoms with E-state index in [1.807, 2.05) is 34.6 Å². The molecule has 4 aromatic carbocycles. The second-order valence-corrected chi connectivity index (χ2v) is 20.1. The minimum atomic E-state index is -0.867. The molecule has 0 saturated heterocycles. The number of aryl methyl sites for hydroxylation is 4. The summed E-state index contributed by atoms with van der Waals surface area (Å²) in [5, 5.41) is 26.6. The van der Waals surface area contributed by atoms with E-state index in [0.717, 1.165) is 29.4 Å². The van der Waals surface area contributed by atoms with Crippen LogP contribution in [0, 0.1) is 27.7 Å². The number of halogens is 1. The van der Waals surface area contributed by atoms with Gasteiger partial charge in [0.05, 0.1) is 4.32 Å². The predicted octanol–water partition coefficient (Wildman–Crippen LogP) is 7.69. The Bertz CT molecular complexity index is 2450. The summed E-state index contributed by atoms with van der Waals surface area (Å²) in [7, 11) is 0.750. The molecule has 0 aliphatic carbocycles. The van der Waals surface area contributed by atoms with Crippen molar-refractivity contribution in [1.29, 1.82) is 0 Å². The van der Waals surface area contributed by atoms with Crippen LogP contribution in [0.4, 0.5) is 0 Å². The molecular weight excluding hydrogens is 987 g/mol. The molecule has 0 aromatic heterocycles. The van der Waals surface area contributed by atoms with Crippen molar-refractivity contribution in [2.24, 2.45) is 0 Å². The number of phenols is 2. The quantitative estimate of drug-likeness (QED) is 0.0431. The van der Waals surface area contributed by atoms with Gasteiger partial charge in [0.25, 0.3) is 0 Å². The number of hydrogen-bond acceptors (Lipinski definition) is 14. The van der Waals surface area contributed by atoms with Crippen LogP contribution >= 0.6 is 15.9 Å². The zero-order valence-corrected chi connectivity index (χ0v) is 49.2. The Labute approximate surface area is 451 Å². The fraction of sp³-hybridized carbons (Fsp3) is 0.436. The van der Waals surface area contributed by atoms with E-state index in [4.69, 9.17) is 29.2 Å². The summed E-state index contributed by atoms with van der Waals surface area (Å²) in [5.74, 6) is 2.46. The minimum absolute atomic E-state index is 0. The molecule has 0 fully saturated rings. The van der Waals surface area contributed by atoms with Crippen molar-refractivity contribution in [3.63, 3.8) is 0 Å². The van der Waals surface area contributed by atoms with Gasteiger partial charge in [-0.25, -0.2) is 0 Å². The molecule has 2 N–H and O–H groups in total. The molecule has 0 unspecified atom stereocenters. The van der Waals surface area contributed by atoms with Crippen molar-refractivity contribution in [3.8, 4) is 34.5 Å². The van der Waals surface area contributed by atoms with Gasteiger partial charge >= 0.3 is 35.5 Å². The van der Waals surface area contributed by atoms with Gasteiger partial charge in [0.15, 0.2) is 45.7 Å². The number of rotatable bonds is 13. The van der Waals surface area contributed by atoms with Crippen LogP contribution in [0.2, 0.25) is 0 Å². The summed E-state index contributed by atoms with van der Waals surface area (Å²) in [4.78, 5) is 77.3. The van der Waals surface area contributed by atoms with Crippen molar-refractivity contribution in [2.45, 2.75) is 153 Å². The Balaban J connectivity index is -0.000000825. The number of alkyl halides is 1. The van der Waals surface area contributed by atoms with Gasteiger partial charge in [0, 0.05) is 18.1 Å². The molecule has 16 heteroatoms. The fourth-order valence-corrected chi connectivity index (χ4v) is 4.61. The number of benzene rings is 4. The van der Waals surface area contributed by atoms with Crippen LogP contribution in [-0.4, -0.2) is 79.1 Å². The third-order valence-electron chi connectivity index (χ3n) is 10.2. The normalized spacial score (nSPS) is 10.5. The molecule has 0 aliphatic heterocycles. The number of ether oxygens (including phenoxy) is 4. The van der Waals surface area contributed by atoms with Crippen LogP contribution in [0.25, 0.3) is 0 Å². The van der Waals surface area contributed by atoms with Gasteiger partial charge in [0.2, 0.25) is 0 Å². The Morgan fingerprint density at radius 2 is 0.775 bits per heavy atom. The molecule has 0 saturated carbocycles. The van der Waals surface area contributed by atoms with Crippen LogP contribution in [0.3, 0.4) is 0 Å². The molecule has 4 aromatic rings. The van der Waals surface area contributed by atoms with Crippen molar-refractivity contribution in [2.75, 3.05) is 7.11 Å². The summed E-state index contributed by atoms with van der Waals surface area (Å²) < 4.78 is 21.6. The van der Waals surface area contributed by atoms with E-state index >= 15 is 0 Å². The first kappa shape index (κ1) is 70.1. The number of aromatic hydroxyl groups is 2. The second kappa shape index (κ2) is 31.3. The monoisotopic (exact) mass is 1060 g/mol. The predicted molar refractivity (Wildman–Crippen MR) is 275 cm³/mol. The summed E-state index contributed by atoms with van der Waals surface area (Å²) in [6.07, 6.45) is 0. The summed E-state index contributed by atoms with van der Waals surface area (Å²) >= 11 is 3.19. The summed E-state index contributed by atoms with van der Waals surface area (Å²) in [5.41, 5.74) is 1.95. The van der Waals surface area contributed by atoms with E-state index in [-0.39, 0.29) is 86.0 Å². The molecule has 0 radical (unpaired) electrons. The van der Waals surface area contributed by atoms with E-state index in [9.17, 15) is 38.7 Å². The zero-order chi connectivity index (χ0) is 55.3. The maximum Gasteiger partial charge on any atom is 1.00 e. The van der Waals surface area contributed by atoms with Crippen LogP contribution in [0.5, 0.6) is 34.5 Å². The average Bonchev–Trinajstić information content (AvgIpc) is 3.22. The van der Waals surface area contributed by atoms with Gasteiger partial charge in [-0.05, 0) is 220 Å². The van der Waals surface area contributed by atoms with Crippen molar-refractivity contribution >= 4 is 56.6 Å². The molecular formula is C55H74BrNaO14. The van der Waals surface area contributed by atoms with Crippen molar-refractivity contribution < 1.29 is 97.4 Å². The number of Topliss-reactive ketones (excluding diaryl/α,β-unsaturated/α-hetero) is 6. The third-order valence-corrected chi connectivity index (χ3v) is 10.8. The molecule has 0 aliphatic rings. The van der Waals surface area contributed by atoms with Crippen LogP contribution < -0.4 is 53.6 Å². The number of hydrogen-bond donors (Lipinski definition) is 2. The first-order valence-electron chi connectivity index (χ1n) is 22.1. The molecule has 71 heavy (non-hydrogen) atoms. The van der Waals surface area contributed by atoms with Gasteiger partial charge < -0.3 is 34.3 Å². The van der Waals surface area contributed by atoms with Crippen molar-refractivity contribution in [1.82, 2.24) is 0 Å². The Morgan fingerprint density at radius 1 is 0.465 bits per heavy atom. The van der Waals surface area contributed by atoms with Gasteiger partial charge in [-0.3, -0.25) is 33.6 Å². The third kappa shape index (κ3) is 26.7. The average molecular weight is 1060 g/mol. The van der Waals surface area contributed by atoms with Crippen LogP contribution in [-0.2, 0) is 24.0 Å². The van der Waals surface area contributed by atoms with Gasteiger partial charge in [-0.2, -0.15) is 7.11 Å². The number of ketones is 6. The minimum Gasteiger partial charge on any atom is -0.857 e. The Hall–Kier alpha value is -5.19. The molecule has 0 heterocycles. The van der Waals surface area contributed by atoms with Gasteiger partial charge in [-0.1, -0.05) is 15.9 Å². The molecule has 0 atom stereocenters. The molecule has 386 valence electrons. The molecule has 0 spiro atoms. The smallest absolute Gasteiger partial charge is 0.857 e. The Kier molecular flexibility index (Phi) is 30.9. The first-order chi connectivity index (χ1) is 31.8. The van der Waals surface area contributed by atoms with Crippen molar-refractivity contribution in [3.05, 3.63) is 106 Å². The maximum atomic E-state index is 11.4. The summed E-state index contributed by atoms with van der Waals surface area (Å²) in [6.45, 7) is 31.7. The number of phenolic OH excluding ortho intramolecular Hbond substituents is 2. The topological polar surface area (TPSA) is 220 Å². The molecule has 0 amide bonds. The van der Waals surface area contributed by atoms with Crippen LogP contribution in [0.15, 0.2) is 72.8 Å². The van der Waals surface area contributed by atoms with E-state index in [0.29, 0.717) is 34.1 Å². The SMILES string of the molecule is CC(=O)C(C)(C)Br.CC(=O)C(C)(C)Oc1ccc(O)cc1C.CC(=O)Oc1ccc(OC(C)(C)C(C)=O)c(C)c1.CC(=O)c1ccc(O)c(C)c1.CC(=O)c1ccc(OC(C)(C)C(C)=O)c(C)c1.C[O-].[Na+]. The number of esters is 1. The first-order valence-corrected chi connectivity index (χ1v) is 22.9. The molecule has 4 rings (SSSR count). The number of carbonyl (C=O) groups excluding carboxylic acids is 7. The number of carbonyl (C=O) groups is 7. The van der Waals surface area contributed by atoms with Crippen LogP contribution in [0.1, 0.15) is 147 Å². The zero-order valence-electron chi connectivity index (χ0n) is 45.6. The van der Waals surface area contributed by atoms with E-state index < -0.39 is 16.8 Å². The maximum absolute atomic E-state index is 11.4.